The van der Waals surface area contributed by atoms with Crippen LogP contribution in [0.3, 0.4) is 0 Å². The van der Waals surface area contributed by atoms with E-state index in [-0.39, 0.29) is 11.9 Å². The van der Waals surface area contributed by atoms with Crippen molar-refractivity contribution in [3.63, 3.8) is 0 Å². The summed E-state index contributed by atoms with van der Waals surface area (Å²) in [6, 6.07) is 9.23. The first-order valence-electron chi connectivity index (χ1n) is 6.39. The van der Waals surface area contributed by atoms with Crippen LogP contribution in [0.1, 0.15) is 12.0 Å². The molecule has 0 spiro atoms. The Morgan fingerprint density at radius 1 is 1.37 bits per heavy atom. The molecule has 19 heavy (non-hydrogen) atoms. The second-order valence-electron chi connectivity index (χ2n) is 4.71. The Morgan fingerprint density at radius 3 is 2.63 bits per heavy atom. The van der Waals surface area contributed by atoms with E-state index in [1.165, 1.54) is 0 Å². The SMILES string of the molecule is CN1CCN(c2ccc(C#N)cc2)C(CCN)C1=O. The lowest BCUT2D eigenvalue weighted by Gasteiger charge is -2.40. The van der Waals surface area contributed by atoms with Crippen molar-refractivity contribution in [2.75, 3.05) is 31.6 Å². The smallest absolute Gasteiger partial charge is 0.245 e. The van der Waals surface area contributed by atoms with Crippen LogP contribution in [0.15, 0.2) is 24.3 Å². The average Bonchev–Trinajstić information content (AvgIpc) is 2.44. The Bertz CT molecular complexity index is 491. The molecule has 1 unspecified atom stereocenters. The summed E-state index contributed by atoms with van der Waals surface area (Å²) in [5.74, 6) is 0.112. The van der Waals surface area contributed by atoms with E-state index in [4.69, 9.17) is 11.0 Å². The highest BCUT2D eigenvalue weighted by molar-refractivity contribution is 5.86. The molecule has 1 saturated heterocycles. The van der Waals surface area contributed by atoms with Crippen molar-refractivity contribution in [3.8, 4) is 6.07 Å². The fourth-order valence-electron chi connectivity index (χ4n) is 2.39. The number of carbonyl (C=O) groups excluding carboxylic acids is 1. The first kappa shape index (κ1) is 13.4. The second kappa shape index (κ2) is 5.72. The van der Waals surface area contributed by atoms with E-state index in [0.717, 1.165) is 12.2 Å². The summed E-state index contributed by atoms with van der Waals surface area (Å²) >= 11 is 0. The number of piperazine rings is 1. The van der Waals surface area contributed by atoms with E-state index in [0.29, 0.717) is 25.1 Å². The van der Waals surface area contributed by atoms with E-state index in [9.17, 15) is 4.79 Å². The highest BCUT2D eigenvalue weighted by atomic mass is 16.2. The van der Waals surface area contributed by atoms with Gasteiger partial charge in [-0.3, -0.25) is 4.79 Å². The predicted octanol–water partition coefficient (Wildman–Crippen LogP) is 0.554. The third kappa shape index (κ3) is 2.69. The number of nitrogens with zero attached hydrogens (tertiary/aromatic N) is 3. The van der Waals surface area contributed by atoms with Crippen LogP contribution >= 0.6 is 0 Å². The highest BCUT2D eigenvalue weighted by Gasteiger charge is 2.32. The summed E-state index contributed by atoms with van der Waals surface area (Å²) in [5.41, 5.74) is 7.21. The largest absolute Gasteiger partial charge is 0.358 e. The summed E-state index contributed by atoms with van der Waals surface area (Å²) in [7, 11) is 1.82. The Morgan fingerprint density at radius 2 is 2.05 bits per heavy atom. The molecule has 0 radical (unpaired) electrons. The quantitative estimate of drug-likeness (QED) is 0.859. The van der Waals surface area contributed by atoms with Crippen molar-refractivity contribution < 1.29 is 4.79 Å². The Labute approximate surface area is 113 Å². The Kier molecular flexibility index (Phi) is 4.03. The minimum absolute atomic E-state index is 0.112. The molecule has 1 fully saturated rings. The maximum absolute atomic E-state index is 12.2. The van der Waals surface area contributed by atoms with E-state index >= 15 is 0 Å². The zero-order chi connectivity index (χ0) is 13.8. The standard InChI is InChI=1S/C14H18N4O/c1-17-8-9-18(13(6-7-15)14(17)19)12-4-2-11(10-16)3-5-12/h2-5,13H,6-9,15H2,1H3. The topological polar surface area (TPSA) is 73.4 Å². The number of anilines is 1. The lowest BCUT2D eigenvalue weighted by Crippen LogP contribution is -2.56. The fraction of sp³-hybridized carbons (Fsp3) is 0.429. The third-order valence-electron chi connectivity index (χ3n) is 3.48. The molecule has 5 heteroatoms. The van der Waals surface area contributed by atoms with Gasteiger partial charge in [0.15, 0.2) is 0 Å². The molecule has 1 aliphatic heterocycles. The number of amides is 1. The van der Waals surface area contributed by atoms with Gasteiger partial charge in [0.2, 0.25) is 5.91 Å². The van der Waals surface area contributed by atoms with E-state index < -0.39 is 0 Å². The normalized spacial score (nSPS) is 19.4. The molecule has 0 saturated carbocycles. The van der Waals surface area contributed by atoms with Crippen LogP contribution in [0.25, 0.3) is 0 Å². The summed E-state index contributed by atoms with van der Waals surface area (Å²) < 4.78 is 0. The van der Waals surface area contributed by atoms with Crippen LogP contribution in [0.4, 0.5) is 5.69 Å². The molecule has 1 heterocycles. The first-order chi connectivity index (χ1) is 9.17. The van der Waals surface area contributed by atoms with E-state index in [1.54, 1.807) is 17.0 Å². The van der Waals surface area contributed by atoms with Crippen LogP contribution in [0.2, 0.25) is 0 Å². The van der Waals surface area contributed by atoms with Gasteiger partial charge in [0.05, 0.1) is 11.6 Å². The number of carbonyl (C=O) groups is 1. The zero-order valence-electron chi connectivity index (χ0n) is 11.0. The molecule has 0 aliphatic carbocycles. The molecule has 1 aromatic rings. The molecule has 100 valence electrons. The van der Waals surface area contributed by atoms with Crippen molar-refractivity contribution in [2.24, 2.45) is 5.73 Å². The second-order valence-corrected chi connectivity index (χ2v) is 4.71. The molecule has 0 bridgehead atoms. The number of nitrogens with two attached hydrogens (primary N) is 1. The van der Waals surface area contributed by atoms with Crippen LogP contribution < -0.4 is 10.6 Å². The summed E-state index contributed by atoms with van der Waals surface area (Å²) in [5, 5.41) is 8.81. The molecule has 1 amide bonds. The molecule has 5 nitrogen and oxygen atoms in total. The van der Waals surface area contributed by atoms with E-state index in [1.807, 2.05) is 19.2 Å². The van der Waals surface area contributed by atoms with Gasteiger partial charge in [0.25, 0.3) is 0 Å². The number of nitriles is 1. The minimum atomic E-state index is -0.198. The number of hydrogen-bond acceptors (Lipinski definition) is 4. The summed E-state index contributed by atoms with van der Waals surface area (Å²) in [4.78, 5) is 16.0. The molecule has 1 aromatic carbocycles. The summed E-state index contributed by atoms with van der Waals surface area (Å²) in [6.45, 7) is 1.98. The predicted molar refractivity (Wildman–Crippen MR) is 73.6 cm³/mol. The van der Waals surface area contributed by atoms with Gasteiger partial charge in [0, 0.05) is 25.8 Å². The molecule has 2 N–H and O–H groups in total. The fourth-order valence-corrected chi connectivity index (χ4v) is 2.39. The zero-order valence-corrected chi connectivity index (χ0v) is 11.0. The van der Waals surface area contributed by atoms with Crippen molar-refractivity contribution in [1.29, 1.82) is 5.26 Å². The van der Waals surface area contributed by atoms with Crippen LogP contribution in [-0.2, 0) is 4.79 Å². The first-order valence-corrected chi connectivity index (χ1v) is 6.39. The molecule has 2 rings (SSSR count). The van der Waals surface area contributed by atoms with Crippen LogP contribution in [-0.4, -0.2) is 43.5 Å². The van der Waals surface area contributed by atoms with Gasteiger partial charge < -0.3 is 15.5 Å². The van der Waals surface area contributed by atoms with Gasteiger partial charge in [-0.2, -0.15) is 5.26 Å². The average molecular weight is 258 g/mol. The summed E-state index contributed by atoms with van der Waals surface area (Å²) in [6.07, 6.45) is 0.642. The van der Waals surface area contributed by atoms with Crippen molar-refractivity contribution in [1.82, 2.24) is 4.90 Å². The maximum atomic E-state index is 12.2. The number of rotatable bonds is 3. The molecule has 0 aromatic heterocycles. The molecule has 1 atom stereocenters. The van der Waals surface area contributed by atoms with Gasteiger partial charge in [0.1, 0.15) is 6.04 Å². The van der Waals surface area contributed by atoms with Gasteiger partial charge in [-0.25, -0.2) is 0 Å². The third-order valence-corrected chi connectivity index (χ3v) is 3.48. The Balaban J connectivity index is 2.25. The van der Waals surface area contributed by atoms with Gasteiger partial charge in [-0.05, 0) is 37.2 Å². The highest BCUT2D eigenvalue weighted by Crippen LogP contribution is 2.22. The van der Waals surface area contributed by atoms with Gasteiger partial charge in [-0.1, -0.05) is 0 Å². The van der Waals surface area contributed by atoms with Crippen molar-refractivity contribution >= 4 is 11.6 Å². The number of benzene rings is 1. The lowest BCUT2D eigenvalue weighted by atomic mass is 10.1. The lowest BCUT2D eigenvalue weighted by molar-refractivity contribution is -0.133. The van der Waals surface area contributed by atoms with Crippen LogP contribution in [0, 0.1) is 11.3 Å². The molecular formula is C14H18N4O. The Hall–Kier alpha value is -2.06. The minimum Gasteiger partial charge on any atom is -0.358 e. The van der Waals surface area contributed by atoms with Gasteiger partial charge in [-0.15, -0.1) is 0 Å². The van der Waals surface area contributed by atoms with Crippen LogP contribution in [0.5, 0.6) is 0 Å². The monoisotopic (exact) mass is 258 g/mol. The van der Waals surface area contributed by atoms with Crippen molar-refractivity contribution in [3.05, 3.63) is 29.8 Å². The number of likely N-dealkylation sites (N-methyl/N-ethyl adjacent to an activating group) is 1. The maximum Gasteiger partial charge on any atom is 0.245 e. The molecular weight excluding hydrogens is 240 g/mol. The molecule has 1 aliphatic rings. The number of hydrogen-bond donors (Lipinski definition) is 1. The van der Waals surface area contributed by atoms with Crippen molar-refractivity contribution in [2.45, 2.75) is 12.5 Å². The van der Waals surface area contributed by atoms with E-state index in [2.05, 4.69) is 11.0 Å². The van der Waals surface area contributed by atoms with Gasteiger partial charge >= 0.3 is 0 Å².